The van der Waals surface area contributed by atoms with E-state index in [4.69, 9.17) is 0 Å². The molecule has 1 saturated heterocycles. The molecular formula is C11H14F3N6+. The quantitative estimate of drug-likeness (QED) is 0.744. The Bertz CT molecular complexity index is 513. The molecule has 20 heavy (non-hydrogen) atoms. The van der Waals surface area contributed by atoms with Crippen LogP contribution in [0.25, 0.3) is 0 Å². The zero-order chi connectivity index (χ0) is 14.2. The minimum absolute atomic E-state index is 0.147. The lowest BCUT2D eigenvalue weighted by molar-refractivity contribution is -0.897. The summed E-state index contributed by atoms with van der Waals surface area (Å²) in [5.74, 6) is -0.892. The van der Waals surface area contributed by atoms with Crippen molar-refractivity contribution in [2.45, 2.75) is 25.4 Å². The summed E-state index contributed by atoms with van der Waals surface area (Å²) in [6.45, 7) is 1.05. The molecule has 3 aliphatic rings. The second-order valence-electron chi connectivity index (χ2n) is 4.70. The van der Waals surface area contributed by atoms with Crippen molar-refractivity contribution in [2.24, 2.45) is 15.3 Å². The van der Waals surface area contributed by atoms with Gasteiger partial charge in [-0.05, 0) is 28.7 Å². The highest BCUT2D eigenvalue weighted by molar-refractivity contribution is 6.04. The van der Waals surface area contributed by atoms with Gasteiger partial charge in [0.1, 0.15) is 0 Å². The van der Waals surface area contributed by atoms with Gasteiger partial charge in [0, 0.05) is 12.6 Å². The monoisotopic (exact) mass is 287 g/mol. The number of hydrogen-bond donors (Lipinski definition) is 1. The van der Waals surface area contributed by atoms with Crippen molar-refractivity contribution in [3.63, 3.8) is 0 Å². The van der Waals surface area contributed by atoms with Crippen LogP contribution in [0.4, 0.5) is 13.2 Å². The van der Waals surface area contributed by atoms with E-state index in [0.717, 1.165) is 19.3 Å². The van der Waals surface area contributed by atoms with Gasteiger partial charge in [0.25, 0.3) is 0 Å². The molecular weight excluding hydrogens is 273 g/mol. The Morgan fingerprint density at radius 2 is 2.05 bits per heavy atom. The van der Waals surface area contributed by atoms with Gasteiger partial charge in [-0.25, -0.2) is 5.43 Å². The molecule has 0 aliphatic carbocycles. The average molecular weight is 287 g/mol. The molecule has 108 valence electrons. The molecule has 0 spiro atoms. The topological polar surface area (TPSA) is 52.4 Å². The van der Waals surface area contributed by atoms with E-state index in [2.05, 4.69) is 20.7 Å². The van der Waals surface area contributed by atoms with E-state index in [9.17, 15) is 13.2 Å². The first-order valence-corrected chi connectivity index (χ1v) is 6.42. The van der Waals surface area contributed by atoms with Gasteiger partial charge in [-0.3, -0.25) is 0 Å². The zero-order valence-corrected chi connectivity index (χ0v) is 10.6. The number of hydrogen-bond acceptors (Lipinski definition) is 5. The number of alkyl halides is 3. The molecule has 1 fully saturated rings. The SMILES string of the molecule is FC(F)(F)C1=NN=C2C=CC=N[N+]21N1CCCCCN1. The lowest BCUT2D eigenvalue weighted by Gasteiger charge is -2.36. The third-order valence-corrected chi connectivity index (χ3v) is 3.37. The van der Waals surface area contributed by atoms with Gasteiger partial charge in [0.05, 0.1) is 12.8 Å². The highest BCUT2D eigenvalue weighted by Crippen LogP contribution is 2.34. The molecule has 6 nitrogen and oxygen atoms in total. The summed E-state index contributed by atoms with van der Waals surface area (Å²) in [5.41, 5.74) is 3.01. The summed E-state index contributed by atoms with van der Waals surface area (Å²) in [7, 11) is 0. The Hall–Kier alpha value is -1.58. The summed E-state index contributed by atoms with van der Waals surface area (Å²) in [4.78, 5) is 0. The van der Waals surface area contributed by atoms with Gasteiger partial charge in [-0.2, -0.15) is 13.2 Å². The molecule has 0 aromatic rings. The van der Waals surface area contributed by atoms with Gasteiger partial charge in [0.2, 0.25) is 0 Å². The number of rotatable bonds is 1. The zero-order valence-electron chi connectivity index (χ0n) is 10.6. The number of nitrogens with zero attached hydrogens (tertiary/aromatic N) is 5. The maximum atomic E-state index is 13.3. The number of fused-ring (bicyclic) bond motifs is 1. The Morgan fingerprint density at radius 1 is 1.20 bits per heavy atom. The number of hydrazine groups is 1. The molecule has 1 N–H and O–H groups in total. The van der Waals surface area contributed by atoms with Crippen LogP contribution in [0.2, 0.25) is 0 Å². The summed E-state index contributed by atoms with van der Waals surface area (Å²) < 4.78 is 38.9. The van der Waals surface area contributed by atoms with Crippen LogP contribution in [0.5, 0.6) is 0 Å². The first-order chi connectivity index (χ1) is 9.55. The fourth-order valence-electron chi connectivity index (χ4n) is 2.48. The molecule has 0 aromatic carbocycles. The van der Waals surface area contributed by atoms with Crippen molar-refractivity contribution in [1.82, 2.24) is 10.5 Å². The van der Waals surface area contributed by atoms with Crippen molar-refractivity contribution in [2.75, 3.05) is 13.1 Å². The first-order valence-electron chi connectivity index (χ1n) is 6.42. The third-order valence-electron chi connectivity index (χ3n) is 3.37. The smallest absolute Gasteiger partial charge is 0.207 e. The van der Waals surface area contributed by atoms with Crippen LogP contribution in [-0.4, -0.2) is 47.0 Å². The van der Waals surface area contributed by atoms with Crippen LogP contribution in [0.3, 0.4) is 0 Å². The van der Waals surface area contributed by atoms with Crippen LogP contribution in [-0.2, 0) is 0 Å². The minimum atomic E-state index is -4.60. The van der Waals surface area contributed by atoms with Crippen molar-refractivity contribution < 1.29 is 17.9 Å². The Kier molecular flexibility index (Phi) is 3.19. The van der Waals surface area contributed by atoms with E-state index < -0.39 is 16.7 Å². The van der Waals surface area contributed by atoms with E-state index in [-0.39, 0.29) is 5.84 Å². The molecule has 3 rings (SSSR count). The number of quaternary nitrogens is 1. The molecule has 9 heteroatoms. The van der Waals surface area contributed by atoms with E-state index in [1.165, 1.54) is 17.4 Å². The lowest BCUT2D eigenvalue weighted by Crippen LogP contribution is -2.69. The van der Waals surface area contributed by atoms with Crippen LogP contribution >= 0.6 is 0 Å². The number of allylic oxidation sites excluding steroid dienone is 1. The summed E-state index contributed by atoms with van der Waals surface area (Å²) in [5, 5.41) is 12.5. The van der Waals surface area contributed by atoms with Gasteiger partial charge in [-0.1, -0.05) is 21.7 Å². The van der Waals surface area contributed by atoms with E-state index in [1.807, 2.05) is 0 Å². The second-order valence-corrected chi connectivity index (χ2v) is 4.70. The van der Waals surface area contributed by atoms with Gasteiger partial charge in [-0.15, -0.1) is 0 Å². The number of halogens is 3. The molecule has 3 aliphatic heterocycles. The Labute approximate surface area is 113 Å². The molecule has 0 saturated carbocycles. The molecule has 0 radical (unpaired) electrons. The maximum Gasteiger partial charge on any atom is 0.494 e. The highest BCUT2D eigenvalue weighted by Gasteiger charge is 2.63. The first kappa shape index (κ1) is 13.4. The van der Waals surface area contributed by atoms with Crippen molar-refractivity contribution >= 4 is 17.9 Å². The highest BCUT2D eigenvalue weighted by atomic mass is 19.4. The third kappa shape index (κ3) is 1.98. The van der Waals surface area contributed by atoms with E-state index in [0.29, 0.717) is 13.1 Å². The summed E-state index contributed by atoms with van der Waals surface area (Å²) in [6.07, 6.45) is 2.49. The summed E-state index contributed by atoms with van der Waals surface area (Å²) >= 11 is 0. The maximum absolute atomic E-state index is 13.3. The molecule has 1 atom stereocenters. The minimum Gasteiger partial charge on any atom is -0.207 e. The molecule has 0 aromatic heterocycles. The van der Waals surface area contributed by atoms with Crippen LogP contribution in [0.15, 0.2) is 27.5 Å². The molecule has 3 heterocycles. The Morgan fingerprint density at radius 3 is 2.85 bits per heavy atom. The Balaban J connectivity index is 2.04. The number of nitrogens with one attached hydrogen (secondary N) is 1. The fraction of sp³-hybridized carbons (Fsp3) is 0.545. The summed E-state index contributed by atoms with van der Waals surface area (Å²) in [6, 6.07) is 0. The molecule has 0 bridgehead atoms. The normalized spacial score (nSPS) is 30.8. The lowest BCUT2D eigenvalue weighted by atomic mass is 10.2. The standard InChI is InChI=1S/C11H14F3N6/c12-11(13,14)10-18-17-9-5-4-7-16-20(9,10)19-8-3-1-2-6-15-19/h4-5,7,15H,1-3,6,8H2/q+1. The van der Waals surface area contributed by atoms with Gasteiger partial charge < -0.3 is 0 Å². The van der Waals surface area contributed by atoms with Crippen LogP contribution in [0, 0.1) is 0 Å². The van der Waals surface area contributed by atoms with E-state index >= 15 is 0 Å². The second kappa shape index (κ2) is 4.76. The van der Waals surface area contributed by atoms with Gasteiger partial charge >= 0.3 is 17.8 Å². The van der Waals surface area contributed by atoms with Crippen molar-refractivity contribution in [3.05, 3.63) is 12.2 Å². The van der Waals surface area contributed by atoms with Gasteiger partial charge in [0.15, 0.2) is 0 Å². The fourth-order valence-corrected chi connectivity index (χ4v) is 2.48. The average Bonchev–Trinajstić information content (AvgIpc) is 2.60. The predicted octanol–water partition coefficient (Wildman–Crippen LogP) is 1.55. The molecule has 0 amide bonds. The number of amidine groups is 2. The molecule has 1 unspecified atom stereocenters. The largest absolute Gasteiger partial charge is 0.494 e. The predicted molar refractivity (Wildman–Crippen MR) is 67.4 cm³/mol. The van der Waals surface area contributed by atoms with Crippen molar-refractivity contribution in [3.8, 4) is 0 Å². The van der Waals surface area contributed by atoms with Crippen LogP contribution < -0.4 is 5.43 Å². The van der Waals surface area contributed by atoms with Crippen LogP contribution in [0.1, 0.15) is 19.3 Å². The van der Waals surface area contributed by atoms with Crippen molar-refractivity contribution in [1.29, 1.82) is 0 Å². The van der Waals surface area contributed by atoms with E-state index in [1.54, 1.807) is 6.08 Å².